The van der Waals surface area contributed by atoms with E-state index in [1.807, 2.05) is 0 Å². The first-order chi connectivity index (χ1) is 6.74. The first kappa shape index (κ1) is 9.02. The monoisotopic (exact) mass is 211 g/mol. The summed E-state index contributed by atoms with van der Waals surface area (Å²) in [5.41, 5.74) is 0.541. The summed E-state index contributed by atoms with van der Waals surface area (Å²) in [4.78, 5) is 11.2. The summed E-state index contributed by atoms with van der Waals surface area (Å²) in [6.07, 6.45) is 0. The fourth-order valence-corrected chi connectivity index (χ4v) is 1.38. The molecule has 14 heavy (non-hydrogen) atoms. The second-order valence-electron chi connectivity index (χ2n) is 2.64. The van der Waals surface area contributed by atoms with Crippen molar-refractivity contribution in [2.24, 2.45) is 0 Å². The number of methoxy groups -OCH3 is 1. The van der Waals surface area contributed by atoms with Gasteiger partial charge in [-0.3, -0.25) is 0 Å². The van der Waals surface area contributed by atoms with Crippen LogP contribution in [0.4, 0.5) is 0 Å². The number of esters is 1. The van der Waals surface area contributed by atoms with Crippen molar-refractivity contribution in [3.8, 4) is 0 Å². The lowest BCUT2D eigenvalue weighted by Crippen LogP contribution is -2.01. The highest BCUT2D eigenvalue weighted by Gasteiger charge is 2.17. The van der Waals surface area contributed by atoms with Gasteiger partial charge in [-0.05, 0) is 12.1 Å². The van der Waals surface area contributed by atoms with Crippen molar-refractivity contribution in [3.63, 3.8) is 0 Å². The predicted molar refractivity (Wildman–Crippen MR) is 50.4 cm³/mol. The minimum Gasteiger partial charge on any atom is -0.464 e. The molecule has 72 valence electrons. The van der Waals surface area contributed by atoms with E-state index in [2.05, 4.69) is 9.89 Å². The Morgan fingerprint density at radius 3 is 3.07 bits per heavy atom. The van der Waals surface area contributed by atoms with Crippen LogP contribution in [0.25, 0.3) is 11.0 Å². The molecule has 0 spiro atoms. The standard InChI is InChI=1S/C9H6ClNO3/c1-13-9(12)7-5-3-2-4-6(10)8(5)14-11-7/h2-4H,1H3. The van der Waals surface area contributed by atoms with E-state index in [0.717, 1.165) is 0 Å². The zero-order valence-corrected chi connectivity index (χ0v) is 8.04. The van der Waals surface area contributed by atoms with Crippen LogP contribution in [0, 0.1) is 0 Å². The molecule has 2 aromatic rings. The van der Waals surface area contributed by atoms with E-state index in [0.29, 0.717) is 16.0 Å². The molecule has 0 saturated heterocycles. The van der Waals surface area contributed by atoms with E-state index in [1.165, 1.54) is 7.11 Å². The van der Waals surface area contributed by atoms with Gasteiger partial charge in [-0.25, -0.2) is 4.79 Å². The minimum absolute atomic E-state index is 0.144. The summed E-state index contributed by atoms with van der Waals surface area (Å²) in [7, 11) is 1.29. The summed E-state index contributed by atoms with van der Waals surface area (Å²) in [5.74, 6) is -0.536. The number of halogens is 1. The number of benzene rings is 1. The van der Waals surface area contributed by atoms with Gasteiger partial charge in [0.2, 0.25) is 0 Å². The SMILES string of the molecule is COC(=O)c1noc2c(Cl)cccc12. The first-order valence-corrected chi connectivity index (χ1v) is 4.24. The van der Waals surface area contributed by atoms with E-state index in [4.69, 9.17) is 16.1 Å². The number of fused-ring (bicyclic) bond motifs is 1. The molecule has 0 N–H and O–H groups in total. The normalized spacial score (nSPS) is 10.4. The second kappa shape index (κ2) is 3.31. The Bertz CT molecular complexity index is 492. The van der Waals surface area contributed by atoms with E-state index in [1.54, 1.807) is 18.2 Å². The van der Waals surface area contributed by atoms with E-state index in [-0.39, 0.29) is 5.69 Å². The van der Waals surface area contributed by atoms with Crippen LogP contribution in [0.1, 0.15) is 10.5 Å². The molecule has 0 fully saturated rings. The van der Waals surface area contributed by atoms with Crippen LogP contribution in [0.15, 0.2) is 22.7 Å². The van der Waals surface area contributed by atoms with Crippen LogP contribution in [0.2, 0.25) is 5.02 Å². The Labute approximate surface area is 84.4 Å². The predicted octanol–water partition coefficient (Wildman–Crippen LogP) is 2.27. The van der Waals surface area contributed by atoms with Crippen LogP contribution < -0.4 is 0 Å². The van der Waals surface area contributed by atoms with Crippen molar-refractivity contribution in [1.82, 2.24) is 5.16 Å². The molecular weight excluding hydrogens is 206 g/mol. The molecule has 5 heteroatoms. The lowest BCUT2D eigenvalue weighted by Gasteiger charge is -1.93. The summed E-state index contributed by atoms with van der Waals surface area (Å²) >= 11 is 5.83. The third-order valence-electron chi connectivity index (χ3n) is 1.83. The molecule has 0 aliphatic carbocycles. The van der Waals surface area contributed by atoms with Crippen molar-refractivity contribution >= 4 is 28.5 Å². The highest BCUT2D eigenvalue weighted by molar-refractivity contribution is 6.35. The van der Waals surface area contributed by atoms with Gasteiger partial charge >= 0.3 is 5.97 Å². The molecule has 2 rings (SSSR count). The number of ether oxygens (including phenoxy) is 1. The summed E-state index contributed by atoms with van der Waals surface area (Å²) in [5, 5.41) is 4.57. The Morgan fingerprint density at radius 1 is 1.57 bits per heavy atom. The first-order valence-electron chi connectivity index (χ1n) is 3.86. The maximum Gasteiger partial charge on any atom is 0.360 e. The fourth-order valence-electron chi connectivity index (χ4n) is 1.17. The fraction of sp³-hybridized carbons (Fsp3) is 0.111. The van der Waals surface area contributed by atoms with Gasteiger partial charge in [0.05, 0.1) is 17.5 Å². The highest BCUT2D eigenvalue weighted by Crippen LogP contribution is 2.25. The Morgan fingerprint density at radius 2 is 2.36 bits per heavy atom. The molecular formula is C9H6ClNO3. The molecule has 0 saturated carbocycles. The lowest BCUT2D eigenvalue weighted by atomic mass is 10.2. The van der Waals surface area contributed by atoms with Crippen LogP contribution in [0.5, 0.6) is 0 Å². The quantitative estimate of drug-likeness (QED) is 0.679. The van der Waals surface area contributed by atoms with Gasteiger partial charge in [0, 0.05) is 0 Å². The molecule has 0 radical (unpaired) electrons. The largest absolute Gasteiger partial charge is 0.464 e. The molecule has 0 amide bonds. The number of nitrogens with zero attached hydrogens (tertiary/aromatic N) is 1. The Balaban J connectivity index is 2.70. The van der Waals surface area contributed by atoms with Gasteiger partial charge in [-0.1, -0.05) is 22.8 Å². The van der Waals surface area contributed by atoms with Crippen molar-refractivity contribution in [2.45, 2.75) is 0 Å². The molecule has 0 aliphatic heterocycles. The van der Waals surface area contributed by atoms with Crippen LogP contribution >= 0.6 is 11.6 Å². The molecule has 4 nitrogen and oxygen atoms in total. The minimum atomic E-state index is -0.536. The molecule has 0 unspecified atom stereocenters. The van der Waals surface area contributed by atoms with E-state index >= 15 is 0 Å². The van der Waals surface area contributed by atoms with Gasteiger partial charge in [0.15, 0.2) is 11.3 Å². The summed E-state index contributed by atoms with van der Waals surface area (Å²) in [6.45, 7) is 0. The molecule has 0 atom stereocenters. The zero-order chi connectivity index (χ0) is 10.1. The topological polar surface area (TPSA) is 52.3 Å². The Kier molecular flexibility index (Phi) is 2.13. The van der Waals surface area contributed by atoms with Crippen LogP contribution in [-0.4, -0.2) is 18.2 Å². The number of para-hydroxylation sites is 1. The number of hydrogen-bond acceptors (Lipinski definition) is 4. The molecule has 1 aromatic carbocycles. The number of carbonyl (C=O) groups excluding carboxylic acids is 1. The lowest BCUT2D eigenvalue weighted by molar-refractivity contribution is 0.0591. The average Bonchev–Trinajstić information content (AvgIpc) is 2.62. The van der Waals surface area contributed by atoms with Gasteiger partial charge in [0.1, 0.15) is 0 Å². The van der Waals surface area contributed by atoms with Crippen molar-refractivity contribution in [1.29, 1.82) is 0 Å². The van der Waals surface area contributed by atoms with E-state index in [9.17, 15) is 4.79 Å². The third-order valence-corrected chi connectivity index (χ3v) is 2.13. The number of aromatic nitrogens is 1. The second-order valence-corrected chi connectivity index (χ2v) is 3.05. The zero-order valence-electron chi connectivity index (χ0n) is 7.28. The molecule has 0 bridgehead atoms. The maximum absolute atomic E-state index is 11.2. The van der Waals surface area contributed by atoms with Gasteiger partial charge in [-0.15, -0.1) is 0 Å². The summed E-state index contributed by atoms with van der Waals surface area (Å²) in [6, 6.07) is 5.08. The number of rotatable bonds is 1. The van der Waals surface area contributed by atoms with Crippen LogP contribution in [-0.2, 0) is 4.74 Å². The van der Waals surface area contributed by atoms with Gasteiger partial charge < -0.3 is 9.26 Å². The number of carbonyl (C=O) groups is 1. The highest BCUT2D eigenvalue weighted by atomic mass is 35.5. The Hall–Kier alpha value is -1.55. The molecule has 1 heterocycles. The van der Waals surface area contributed by atoms with Crippen molar-refractivity contribution < 1.29 is 14.1 Å². The third kappa shape index (κ3) is 1.24. The van der Waals surface area contributed by atoms with Crippen molar-refractivity contribution in [3.05, 3.63) is 28.9 Å². The summed E-state index contributed by atoms with van der Waals surface area (Å²) < 4.78 is 9.46. The maximum atomic E-state index is 11.2. The van der Waals surface area contributed by atoms with Crippen molar-refractivity contribution in [2.75, 3.05) is 7.11 Å². The van der Waals surface area contributed by atoms with Crippen LogP contribution in [0.3, 0.4) is 0 Å². The van der Waals surface area contributed by atoms with E-state index < -0.39 is 5.97 Å². The van der Waals surface area contributed by atoms with Gasteiger partial charge in [-0.2, -0.15) is 0 Å². The smallest absolute Gasteiger partial charge is 0.360 e. The molecule has 0 aliphatic rings. The molecule has 1 aromatic heterocycles. The van der Waals surface area contributed by atoms with Gasteiger partial charge in [0.25, 0.3) is 0 Å². The average molecular weight is 212 g/mol. The number of hydrogen-bond donors (Lipinski definition) is 0.